The van der Waals surface area contributed by atoms with Crippen molar-refractivity contribution in [3.8, 4) is 6.07 Å². The van der Waals surface area contributed by atoms with Crippen LogP contribution in [0.15, 0.2) is 24.3 Å². The van der Waals surface area contributed by atoms with E-state index >= 15 is 0 Å². The molecule has 1 aliphatic rings. The van der Waals surface area contributed by atoms with Gasteiger partial charge < -0.3 is 5.11 Å². The Morgan fingerprint density at radius 3 is 2.88 bits per heavy atom. The number of aliphatic hydroxyl groups is 1. The number of hydrogen-bond donors (Lipinski definition) is 1. The van der Waals surface area contributed by atoms with Crippen molar-refractivity contribution in [3.63, 3.8) is 0 Å². The maximum atomic E-state index is 11.5. The van der Waals surface area contributed by atoms with E-state index in [-0.39, 0.29) is 11.5 Å². The number of aryl methyl sites for hydroxylation is 1. The van der Waals surface area contributed by atoms with Crippen molar-refractivity contribution in [2.45, 2.75) is 19.3 Å². The lowest BCUT2D eigenvalue weighted by molar-refractivity contribution is -0.115. The number of benzene rings is 1. The van der Waals surface area contributed by atoms with Gasteiger partial charge in [-0.25, -0.2) is 0 Å². The quantitative estimate of drug-likeness (QED) is 0.778. The van der Waals surface area contributed by atoms with Gasteiger partial charge in [0.1, 0.15) is 11.7 Å². The van der Waals surface area contributed by atoms with Crippen LogP contribution in [0.25, 0.3) is 5.76 Å². The molecule has 0 aliphatic heterocycles. The first-order chi connectivity index (χ1) is 7.67. The minimum absolute atomic E-state index is 0.0400. The van der Waals surface area contributed by atoms with Crippen LogP contribution in [0.3, 0.4) is 0 Å². The second kappa shape index (κ2) is 3.82. The Labute approximate surface area is 93.6 Å². The Balaban J connectivity index is 2.63. The molecule has 80 valence electrons. The molecule has 0 bridgehead atoms. The van der Waals surface area contributed by atoms with Gasteiger partial charge in [-0.1, -0.05) is 19.1 Å². The van der Waals surface area contributed by atoms with Gasteiger partial charge in [0.2, 0.25) is 0 Å². The summed E-state index contributed by atoms with van der Waals surface area (Å²) in [7, 11) is 0. The van der Waals surface area contributed by atoms with Crippen LogP contribution in [-0.4, -0.2) is 10.9 Å². The lowest BCUT2D eigenvalue weighted by Crippen LogP contribution is -2.15. The number of carbonyl (C=O) groups is 1. The van der Waals surface area contributed by atoms with Crippen molar-refractivity contribution < 1.29 is 9.90 Å². The van der Waals surface area contributed by atoms with Crippen LogP contribution in [0.2, 0.25) is 0 Å². The molecule has 0 aromatic heterocycles. The molecule has 0 fully saturated rings. The third-order valence-electron chi connectivity index (χ3n) is 2.81. The minimum Gasteiger partial charge on any atom is -0.507 e. The third-order valence-corrected chi connectivity index (χ3v) is 2.81. The smallest absolute Gasteiger partial charge is 0.180 e. The second-order valence-corrected chi connectivity index (χ2v) is 3.77. The van der Waals surface area contributed by atoms with Gasteiger partial charge in [0.15, 0.2) is 5.78 Å². The summed E-state index contributed by atoms with van der Waals surface area (Å²) >= 11 is 0. The Kier molecular flexibility index (Phi) is 2.49. The maximum absolute atomic E-state index is 11.5. The average Bonchev–Trinajstić information content (AvgIpc) is 2.29. The second-order valence-electron chi connectivity index (χ2n) is 3.77. The van der Waals surface area contributed by atoms with Crippen molar-refractivity contribution in [1.82, 2.24) is 0 Å². The first-order valence-electron chi connectivity index (χ1n) is 5.14. The fourth-order valence-electron chi connectivity index (χ4n) is 1.88. The van der Waals surface area contributed by atoms with Gasteiger partial charge in [-0.05, 0) is 23.6 Å². The van der Waals surface area contributed by atoms with E-state index in [9.17, 15) is 9.90 Å². The molecule has 16 heavy (non-hydrogen) atoms. The summed E-state index contributed by atoms with van der Waals surface area (Å²) in [5, 5.41) is 18.6. The zero-order valence-electron chi connectivity index (χ0n) is 8.90. The molecule has 3 heteroatoms. The summed E-state index contributed by atoms with van der Waals surface area (Å²) in [5.74, 6) is -1.17. The van der Waals surface area contributed by atoms with E-state index in [0.29, 0.717) is 11.1 Å². The van der Waals surface area contributed by atoms with Crippen LogP contribution in [0.4, 0.5) is 0 Å². The van der Waals surface area contributed by atoms with Crippen LogP contribution in [0.1, 0.15) is 29.5 Å². The van der Waals surface area contributed by atoms with E-state index in [1.165, 1.54) is 0 Å². The SMILES string of the molecule is CCc1ccc2c(c1)C(O)=CC(=O)C2C#N. The number of carbonyl (C=O) groups excluding carboxylic acids is 1. The van der Waals surface area contributed by atoms with Gasteiger partial charge in [-0.3, -0.25) is 4.79 Å². The molecule has 0 heterocycles. The highest BCUT2D eigenvalue weighted by Gasteiger charge is 2.27. The molecule has 2 rings (SSSR count). The number of aliphatic hydroxyl groups excluding tert-OH is 1. The van der Waals surface area contributed by atoms with Crippen LogP contribution in [0, 0.1) is 11.3 Å². The molecule has 1 aromatic carbocycles. The summed E-state index contributed by atoms with van der Waals surface area (Å²) in [4.78, 5) is 11.5. The molecular weight excluding hydrogens is 202 g/mol. The fourth-order valence-corrected chi connectivity index (χ4v) is 1.88. The Hall–Kier alpha value is -2.08. The predicted octanol–water partition coefficient (Wildman–Crippen LogP) is 2.34. The number of nitriles is 1. The predicted molar refractivity (Wildman–Crippen MR) is 59.8 cm³/mol. The van der Waals surface area contributed by atoms with Crippen molar-refractivity contribution >= 4 is 11.5 Å². The number of ketones is 1. The first-order valence-corrected chi connectivity index (χ1v) is 5.14. The van der Waals surface area contributed by atoms with Gasteiger partial charge in [0, 0.05) is 11.6 Å². The number of fused-ring (bicyclic) bond motifs is 1. The zero-order chi connectivity index (χ0) is 11.7. The molecule has 1 atom stereocenters. The summed E-state index contributed by atoms with van der Waals surface area (Å²) in [6.45, 7) is 2.01. The highest BCUT2D eigenvalue weighted by Crippen LogP contribution is 2.31. The molecule has 0 saturated heterocycles. The normalized spacial score (nSPS) is 18.6. The van der Waals surface area contributed by atoms with Gasteiger partial charge in [-0.2, -0.15) is 5.26 Å². The summed E-state index contributed by atoms with van der Waals surface area (Å²) in [5.41, 5.74) is 2.28. The van der Waals surface area contributed by atoms with Gasteiger partial charge >= 0.3 is 0 Å². The van der Waals surface area contributed by atoms with E-state index in [1.54, 1.807) is 6.07 Å². The number of hydrogen-bond acceptors (Lipinski definition) is 3. The van der Waals surface area contributed by atoms with Gasteiger partial charge in [-0.15, -0.1) is 0 Å². The summed E-state index contributed by atoms with van der Waals surface area (Å²) < 4.78 is 0. The summed E-state index contributed by atoms with van der Waals surface area (Å²) in [6, 6.07) is 7.43. The summed E-state index contributed by atoms with van der Waals surface area (Å²) in [6.07, 6.45) is 1.99. The lowest BCUT2D eigenvalue weighted by Gasteiger charge is -2.17. The van der Waals surface area contributed by atoms with E-state index in [2.05, 4.69) is 0 Å². The van der Waals surface area contributed by atoms with Crippen LogP contribution < -0.4 is 0 Å². The topological polar surface area (TPSA) is 61.1 Å². The van der Waals surface area contributed by atoms with Gasteiger partial charge in [0.05, 0.1) is 6.07 Å². The zero-order valence-corrected chi connectivity index (χ0v) is 8.90. The molecule has 1 N–H and O–H groups in total. The minimum atomic E-state index is -0.781. The maximum Gasteiger partial charge on any atom is 0.180 e. The van der Waals surface area contributed by atoms with E-state index in [1.807, 2.05) is 25.1 Å². The highest BCUT2D eigenvalue weighted by atomic mass is 16.3. The van der Waals surface area contributed by atoms with Crippen LogP contribution in [0.5, 0.6) is 0 Å². The van der Waals surface area contributed by atoms with Crippen LogP contribution in [-0.2, 0) is 11.2 Å². The molecule has 0 spiro atoms. The molecule has 1 unspecified atom stereocenters. The largest absolute Gasteiger partial charge is 0.507 e. The number of rotatable bonds is 1. The molecular formula is C13H11NO2. The third kappa shape index (κ3) is 1.49. The molecule has 1 aromatic rings. The van der Waals surface area contributed by atoms with Crippen molar-refractivity contribution in [3.05, 3.63) is 41.0 Å². The Bertz CT molecular complexity index is 523. The Morgan fingerprint density at radius 1 is 1.50 bits per heavy atom. The Morgan fingerprint density at radius 2 is 2.25 bits per heavy atom. The lowest BCUT2D eigenvalue weighted by atomic mass is 9.85. The standard InChI is InChI=1S/C13H11NO2/c1-2-8-3-4-9-10(5-8)12(15)6-13(16)11(9)7-14/h3-6,11,15H,2H2,1H3. The van der Waals surface area contributed by atoms with E-state index in [4.69, 9.17) is 5.26 Å². The molecule has 3 nitrogen and oxygen atoms in total. The average molecular weight is 213 g/mol. The number of nitrogens with zero attached hydrogens (tertiary/aromatic N) is 1. The molecule has 1 aliphatic carbocycles. The monoisotopic (exact) mass is 213 g/mol. The molecule has 0 radical (unpaired) electrons. The van der Waals surface area contributed by atoms with E-state index in [0.717, 1.165) is 18.1 Å². The first kappa shape index (κ1) is 10.4. The van der Waals surface area contributed by atoms with Crippen molar-refractivity contribution in [2.24, 2.45) is 0 Å². The number of allylic oxidation sites excluding steroid dienone is 1. The molecule has 0 saturated carbocycles. The van der Waals surface area contributed by atoms with Crippen molar-refractivity contribution in [2.75, 3.05) is 0 Å². The molecule has 0 amide bonds. The van der Waals surface area contributed by atoms with E-state index < -0.39 is 5.92 Å². The van der Waals surface area contributed by atoms with Gasteiger partial charge in [0.25, 0.3) is 0 Å². The van der Waals surface area contributed by atoms with Crippen molar-refractivity contribution in [1.29, 1.82) is 5.26 Å². The fraction of sp³-hybridized carbons (Fsp3) is 0.231. The highest BCUT2D eigenvalue weighted by molar-refractivity contribution is 6.05. The van der Waals surface area contributed by atoms with Crippen LogP contribution >= 0.6 is 0 Å².